The van der Waals surface area contributed by atoms with Crippen molar-refractivity contribution in [1.82, 2.24) is 15.2 Å². The van der Waals surface area contributed by atoms with Crippen molar-refractivity contribution in [3.8, 4) is 0 Å². The Hall–Kier alpha value is -1.63. The number of hydrogen-bond acceptors (Lipinski definition) is 4. The molecule has 0 saturated carbocycles. The summed E-state index contributed by atoms with van der Waals surface area (Å²) < 4.78 is 0. The molecule has 0 unspecified atom stereocenters. The van der Waals surface area contributed by atoms with Crippen LogP contribution in [0.1, 0.15) is 27.2 Å². The van der Waals surface area contributed by atoms with E-state index < -0.39 is 17.2 Å². The topological polar surface area (TPSA) is 95.7 Å². The van der Waals surface area contributed by atoms with Gasteiger partial charge in [0.25, 0.3) is 0 Å². The Bertz CT molecular complexity index is 381. The van der Waals surface area contributed by atoms with E-state index in [1.54, 1.807) is 18.7 Å². The molecule has 1 aliphatic rings. The Kier molecular flexibility index (Phi) is 4.88. The summed E-state index contributed by atoms with van der Waals surface area (Å²) in [7, 11) is 0. The highest BCUT2D eigenvalue weighted by atomic mass is 16.2. The summed E-state index contributed by atoms with van der Waals surface area (Å²) in [5, 5.41) is 0. The summed E-state index contributed by atoms with van der Waals surface area (Å²) in [6.45, 7) is 7.06. The van der Waals surface area contributed by atoms with Gasteiger partial charge in [-0.25, -0.2) is 5.84 Å². The second kappa shape index (κ2) is 6.01. The number of carbonyl (C=O) groups excluding carboxylic acids is 3. The molecule has 1 aliphatic heterocycles. The van der Waals surface area contributed by atoms with Gasteiger partial charge < -0.3 is 9.80 Å². The maximum absolute atomic E-state index is 12.0. The quantitative estimate of drug-likeness (QED) is 0.292. The largest absolute Gasteiger partial charge is 0.333 e. The molecule has 1 saturated heterocycles. The number of nitrogens with one attached hydrogen (secondary N) is 1. The average molecular weight is 270 g/mol. The first-order valence-corrected chi connectivity index (χ1v) is 6.42. The molecule has 108 valence electrons. The molecule has 0 aliphatic carbocycles. The molecular formula is C12H22N4O3. The molecule has 0 spiro atoms. The van der Waals surface area contributed by atoms with Crippen molar-refractivity contribution in [2.45, 2.75) is 27.2 Å². The van der Waals surface area contributed by atoms with E-state index in [1.807, 2.05) is 6.92 Å². The summed E-state index contributed by atoms with van der Waals surface area (Å²) in [6, 6.07) is 0. The highest BCUT2D eigenvalue weighted by Crippen LogP contribution is 2.19. The zero-order valence-corrected chi connectivity index (χ0v) is 11.7. The molecule has 0 aromatic rings. The van der Waals surface area contributed by atoms with Crippen molar-refractivity contribution in [3.63, 3.8) is 0 Å². The Labute approximate surface area is 113 Å². The lowest BCUT2D eigenvalue weighted by atomic mass is 9.91. The number of hydrogen-bond donors (Lipinski definition) is 2. The lowest BCUT2D eigenvalue weighted by molar-refractivity contribution is -0.157. The second-order valence-corrected chi connectivity index (χ2v) is 5.38. The molecule has 0 radical (unpaired) electrons. The molecule has 19 heavy (non-hydrogen) atoms. The molecule has 3 amide bonds. The van der Waals surface area contributed by atoms with Crippen molar-refractivity contribution in [1.29, 1.82) is 0 Å². The molecule has 0 aromatic heterocycles. The number of piperazine rings is 1. The van der Waals surface area contributed by atoms with Crippen LogP contribution in [0.4, 0.5) is 0 Å². The van der Waals surface area contributed by atoms with Gasteiger partial charge in [0.2, 0.25) is 5.91 Å². The van der Waals surface area contributed by atoms with Gasteiger partial charge in [0.05, 0.1) is 5.41 Å². The smallest absolute Gasteiger partial charge is 0.312 e. The van der Waals surface area contributed by atoms with Crippen LogP contribution in [0, 0.1) is 5.41 Å². The minimum atomic E-state index is -0.822. The molecule has 1 rings (SSSR count). The fourth-order valence-electron chi connectivity index (χ4n) is 2.09. The predicted octanol–water partition coefficient (Wildman–Crippen LogP) is -0.917. The minimum absolute atomic E-state index is 0.181. The normalized spacial score (nSPS) is 16.8. The third kappa shape index (κ3) is 3.44. The molecular weight excluding hydrogens is 248 g/mol. The second-order valence-electron chi connectivity index (χ2n) is 5.38. The van der Waals surface area contributed by atoms with Gasteiger partial charge in [0.15, 0.2) is 0 Å². The van der Waals surface area contributed by atoms with Crippen molar-refractivity contribution >= 4 is 17.7 Å². The third-order valence-electron chi connectivity index (χ3n) is 3.22. The van der Waals surface area contributed by atoms with Gasteiger partial charge in [-0.3, -0.25) is 19.8 Å². The maximum Gasteiger partial charge on any atom is 0.312 e. The number of amides is 3. The Balaban J connectivity index is 2.70. The van der Waals surface area contributed by atoms with Crippen LogP contribution < -0.4 is 11.3 Å². The van der Waals surface area contributed by atoms with E-state index in [0.29, 0.717) is 19.6 Å². The number of nitrogens with zero attached hydrogens (tertiary/aromatic N) is 2. The third-order valence-corrected chi connectivity index (χ3v) is 3.22. The van der Waals surface area contributed by atoms with Crippen LogP contribution in [0.25, 0.3) is 0 Å². The number of carbonyl (C=O) groups is 3. The van der Waals surface area contributed by atoms with Crippen LogP contribution in [0.5, 0.6) is 0 Å². The lowest BCUT2D eigenvalue weighted by Crippen LogP contribution is -2.58. The fourth-order valence-corrected chi connectivity index (χ4v) is 2.09. The van der Waals surface area contributed by atoms with E-state index in [-0.39, 0.29) is 12.5 Å². The first kappa shape index (κ1) is 15.4. The molecule has 7 nitrogen and oxygen atoms in total. The van der Waals surface area contributed by atoms with Gasteiger partial charge in [0.1, 0.15) is 0 Å². The maximum atomic E-state index is 12.0. The van der Waals surface area contributed by atoms with Gasteiger partial charge in [-0.2, -0.15) is 0 Å². The first-order valence-electron chi connectivity index (χ1n) is 6.42. The molecule has 0 aromatic carbocycles. The van der Waals surface area contributed by atoms with Crippen molar-refractivity contribution in [3.05, 3.63) is 0 Å². The summed E-state index contributed by atoms with van der Waals surface area (Å²) in [4.78, 5) is 38.4. The summed E-state index contributed by atoms with van der Waals surface area (Å²) in [5.41, 5.74) is 1.26. The van der Waals surface area contributed by atoms with Crippen LogP contribution in [-0.2, 0) is 14.4 Å². The van der Waals surface area contributed by atoms with Gasteiger partial charge in [-0.15, -0.1) is 0 Å². The van der Waals surface area contributed by atoms with E-state index >= 15 is 0 Å². The van der Waals surface area contributed by atoms with Gasteiger partial charge in [-0.05, 0) is 20.3 Å². The molecule has 3 N–H and O–H groups in total. The van der Waals surface area contributed by atoms with Crippen LogP contribution in [-0.4, -0.2) is 53.7 Å². The first-order chi connectivity index (χ1) is 8.83. The average Bonchev–Trinajstić information content (AvgIpc) is 2.37. The van der Waals surface area contributed by atoms with E-state index in [4.69, 9.17) is 5.84 Å². The fraction of sp³-hybridized carbons (Fsp3) is 0.750. The molecule has 0 atom stereocenters. The molecule has 7 heteroatoms. The SMILES string of the molecule is CCCN1CCN(CC(C)(C)C(=O)NN)C(=O)C1=O. The summed E-state index contributed by atoms with van der Waals surface area (Å²) >= 11 is 0. The standard InChI is InChI=1S/C12H22N4O3/c1-4-5-15-6-7-16(10(18)9(15)17)8-12(2,3)11(19)14-13/h4-8,13H2,1-3H3,(H,14,19). The van der Waals surface area contributed by atoms with Crippen LogP contribution in [0.15, 0.2) is 0 Å². The Morgan fingerprint density at radius 3 is 2.32 bits per heavy atom. The monoisotopic (exact) mass is 270 g/mol. The van der Waals surface area contributed by atoms with Crippen molar-refractivity contribution in [2.24, 2.45) is 11.3 Å². The minimum Gasteiger partial charge on any atom is -0.333 e. The zero-order valence-electron chi connectivity index (χ0n) is 11.7. The van der Waals surface area contributed by atoms with Gasteiger partial charge in [-0.1, -0.05) is 6.92 Å². The Morgan fingerprint density at radius 2 is 1.79 bits per heavy atom. The Morgan fingerprint density at radius 1 is 1.26 bits per heavy atom. The van der Waals surface area contributed by atoms with Crippen LogP contribution in [0.2, 0.25) is 0 Å². The number of nitrogens with two attached hydrogens (primary N) is 1. The summed E-state index contributed by atoms with van der Waals surface area (Å²) in [5.74, 6) is 3.72. The molecule has 0 bridgehead atoms. The zero-order chi connectivity index (χ0) is 14.6. The van der Waals surface area contributed by atoms with E-state index in [1.165, 1.54) is 4.90 Å². The van der Waals surface area contributed by atoms with Crippen molar-refractivity contribution in [2.75, 3.05) is 26.2 Å². The molecule has 1 fully saturated rings. The highest BCUT2D eigenvalue weighted by molar-refractivity contribution is 6.35. The highest BCUT2D eigenvalue weighted by Gasteiger charge is 2.37. The lowest BCUT2D eigenvalue weighted by Gasteiger charge is -2.37. The predicted molar refractivity (Wildman–Crippen MR) is 69.6 cm³/mol. The van der Waals surface area contributed by atoms with E-state index in [0.717, 1.165) is 6.42 Å². The number of hydrazine groups is 1. The molecule has 1 heterocycles. The summed E-state index contributed by atoms with van der Waals surface area (Å²) in [6.07, 6.45) is 0.820. The van der Waals surface area contributed by atoms with Gasteiger partial charge >= 0.3 is 11.8 Å². The van der Waals surface area contributed by atoms with Crippen molar-refractivity contribution < 1.29 is 14.4 Å². The van der Waals surface area contributed by atoms with Gasteiger partial charge in [0, 0.05) is 26.2 Å². The van der Waals surface area contributed by atoms with Crippen LogP contribution in [0.3, 0.4) is 0 Å². The van der Waals surface area contributed by atoms with Crippen LogP contribution >= 0.6 is 0 Å². The van der Waals surface area contributed by atoms with E-state index in [2.05, 4.69) is 5.43 Å². The number of rotatable bonds is 5. The van der Waals surface area contributed by atoms with E-state index in [9.17, 15) is 14.4 Å².